The van der Waals surface area contributed by atoms with E-state index in [1.165, 1.54) is 6.07 Å². The summed E-state index contributed by atoms with van der Waals surface area (Å²) in [5.74, 6) is 0.143. The van der Waals surface area contributed by atoms with Gasteiger partial charge in [0.15, 0.2) is 0 Å². The second kappa shape index (κ2) is 6.48. The quantitative estimate of drug-likeness (QED) is 0.891. The summed E-state index contributed by atoms with van der Waals surface area (Å²) in [7, 11) is 0. The molecule has 104 valence electrons. The molecule has 1 amide bonds. The lowest BCUT2D eigenvalue weighted by Gasteiger charge is -2.19. The Bertz CT molecular complexity index is 478. The Labute approximate surface area is 118 Å². The van der Waals surface area contributed by atoms with Crippen LogP contribution in [-0.4, -0.2) is 23.3 Å². The number of phenolic OH excluding ortho intramolecular Hbond substituents is 1. The van der Waals surface area contributed by atoms with Gasteiger partial charge in [-0.2, -0.15) is 0 Å². The first kappa shape index (κ1) is 15.4. The molecule has 0 saturated carbocycles. The molecule has 0 heterocycles. The summed E-state index contributed by atoms with van der Waals surface area (Å²) in [6, 6.07) is 4.67. The van der Waals surface area contributed by atoms with Crippen molar-refractivity contribution >= 4 is 23.8 Å². The Balaban J connectivity index is 2.47. The van der Waals surface area contributed by atoms with Gasteiger partial charge in [-0.15, -0.1) is 0 Å². The molecule has 1 aromatic rings. The fourth-order valence-electron chi connectivity index (χ4n) is 1.30. The monoisotopic (exact) mass is 283 g/mol. The van der Waals surface area contributed by atoms with Crippen LogP contribution in [0.25, 0.3) is 6.08 Å². The zero-order valence-electron chi connectivity index (χ0n) is 11.2. The van der Waals surface area contributed by atoms with Gasteiger partial charge in [0.2, 0.25) is 0 Å². The Morgan fingerprint density at radius 3 is 2.79 bits per heavy atom. The van der Waals surface area contributed by atoms with E-state index in [-0.39, 0.29) is 5.75 Å². The molecule has 0 aromatic heterocycles. The van der Waals surface area contributed by atoms with Crippen molar-refractivity contribution in [2.75, 3.05) is 6.54 Å². The van der Waals surface area contributed by atoms with Gasteiger partial charge in [0.25, 0.3) is 0 Å². The summed E-state index contributed by atoms with van der Waals surface area (Å²) in [5, 5.41) is 12.5. The number of phenols is 1. The van der Waals surface area contributed by atoms with Crippen molar-refractivity contribution in [3.8, 4) is 5.75 Å². The zero-order chi connectivity index (χ0) is 14.5. The number of hydrogen-bond donors (Lipinski definition) is 2. The first-order valence-corrected chi connectivity index (χ1v) is 6.27. The molecule has 0 radical (unpaired) electrons. The third kappa shape index (κ3) is 6.15. The van der Waals surface area contributed by atoms with Crippen molar-refractivity contribution in [1.82, 2.24) is 5.32 Å². The summed E-state index contributed by atoms with van der Waals surface area (Å²) in [6.45, 7) is 5.72. The van der Waals surface area contributed by atoms with Gasteiger partial charge in [-0.05, 0) is 44.5 Å². The van der Waals surface area contributed by atoms with E-state index in [1.54, 1.807) is 45.1 Å². The van der Waals surface area contributed by atoms with Crippen LogP contribution >= 0.6 is 11.6 Å². The molecule has 0 aliphatic carbocycles. The van der Waals surface area contributed by atoms with Crippen LogP contribution in [0.3, 0.4) is 0 Å². The van der Waals surface area contributed by atoms with E-state index in [1.807, 2.05) is 0 Å². The number of hydrogen-bond acceptors (Lipinski definition) is 3. The van der Waals surface area contributed by atoms with Crippen LogP contribution in [0.1, 0.15) is 26.3 Å². The topological polar surface area (TPSA) is 58.6 Å². The third-order valence-electron chi connectivity index (χ3n) is 2.04. The van der Waals surface area contributed by atoms with Crippen molar-refractivity contribution in [3.05, 3.63) is 34.9 Å². The van der Waals surface area contributed by atoms with Crippen LogP contribution in [0.2, 0.25) is 5.02 Å². The maximum atomic E-state index is 11.4. The second-order valence-corrected chi connectivity index (χ2v) is 5.40. The number of rotatable bonds is 3. The number of benzene rings is 1. The van der Waals surface area contributed by atoms with Crippen LogP contribution in [0.4, 0.5) is 4.79 Å². The highest BCUT2D eigenvalue weighted by Crippen LogP contribution is 2.22. The molecule has 0 spiro atoms. The van der Waals surface area contributed by atoms with Crippen molar-refractivity contribution in [3.63, 3.8) is 0 Å². The first-order valence-electron chi connectivity index (χ1n) is 5.90. The van der Waals surface area contributed by atoms with Gasteiger partial charge in [-0.3, -0.25) is 0 Å². The number of halogens is 1. The Morgan fingerprint density at radius 1 is 1.47 bits per heavy atom. The maximum Gasteiger partial charge on any atom is 0.407 e. The van der Waals surface area contributed by atoms with E-state index in [2.05, 4.69) is 5.32 Å². The third-order valence-corrected chi connectivity index (χ3v) is 2.38. The predicted octanol–water partition coefficient (Wildman–Crippen LogP) is 3.58. The average molecular weight is 284 g/mol. The standard InChI is InChI=1S/C14H18ClNO3/c1-14(2,3)19-13(18)16-8-4-5-10-9-11(17)6-7-12(10)15/h4-7,9,17H,8H2,1-3H3,(H,16,18). The van der Waals surface area contributed by atoms with E-state index in [9.17, 15) is 9.90 Å². The van der Waals surface area contributed by atoms with Crippen molar-refractivity contribution in [2.24, 2.45) is 0 Å². The molecule has 1 aromatic carbocycles. The molecule has 5 heteroatoms. The Kier molecular flexibility index (Phi) is 5.24. The van der Waals surface area contributed by atoms with E-state index < -0.39 is 11.7 Å². The minimum atomic E-state index is -0.512. The van der Waals surface area contributed by atoms with Crippen LogP contribution < -0.4 is 5.32 Å². The van der Waals surface area contributed by atoms with Gasteiger partial charge in [-0.1, -0.05) is 23.8 Å². The molecule has 0 fully saturated rings. The lowest BCUT2D eigenvalue weighted by atomic mass is 10.2. The number of carbonyl (C=O) groups excluding carboxylic acids is 1. The molecule has 2 N–H and O–H groups in total. The van der Waals surface area contributed by atoms with E-state index >= 15 is 0 Å². The summed E-state index contributed by atoms with van der Waals surface area (Å²) in [5.41, 5.74) is 0.176. The molecular formula is C14H18ClNO3. The molecule has 19 heavy (non-hydrogen) atoms. The molecule has 1 rings (SSSR count). The van der Waals surface area contributed by atoms with Crippen molar-refractivity contribution in [2.45, 2.75) is 26.4 Å². The van der Waals surface area contributed by atoms with Crippen molar-refractivity contribution in [1.29, 1.82) is 0 Å². The predicted molar refractivity (Wildman–Crippen MR) is 76.4 cm³/mol. The smallest absolute Gasteiger partial charge is 0.407 e. The normalized spacial score (nSPS) is 11.6. The minimum Gasteiger partial charge on any atom is -0.508 e. The van der Waals surface area contributed by atoms with Gasteiger partial charge in [0.1, 0.15) is 11.4 Å². The number of alkyl carbamates (subject to hydrolysis) is 1. The SMILES string of the molecule is CC(C)(C)OC(=O)NCC=Cc1cc(O)ccc1Cl. The summed E-state index contributed by atoms with van der Waals surface area (Å²) in [4.78, 5) is 11.4. The second-order valence-electron chi connectivity index (χ2n) is 4.99. The zero-order valence-corrected chi connectivity index (χ0v) is 12.0. The van der Waals surface area contributed by atoms with E-state index in [4.69, 9.17) is 16.3 Å². The van der Waals surface area contributed by atoms with Crippen LogP contribution in [-0.2, 0) is 4.74 Å². The average Bonchev–Trinajstić information content (AvgIpc) is 2.26. The molecular weight excluding hydrogens is 266 g/mol. The summed E-state index contributed by atoms with van der Waals surface area (Å²) < 4.78 is 5.08. The highest BCUT2D eigenvalue weighted by Gasteiger charge is 2.14. The van der Waals surface area contributed by atoms with Gasteiger partial charge in [0, 0.05) is 11.6 Å². The number of aromatic hydroxyl groups is 1. The molecule has 0 bridgehead atoms. The van der Waals surface area contributed by atoms with Gasteiger partial charge in [-0.25, -0.2) is 4.79 Å². The summed E-state index contributed by atoms with van der Waals surface area (Å²) >= 11 is 5.95. The van der Waals surface area contributed by atoms with E-state index in [0.717, 1.165) is 0 Å². The van der Waals surface area contributed by atoms with Crippen LogP contribution in [0.15, 0.2) is 24.3 Å². The van der Waals surface area contributed by atoms with Gasteiger partial charge < -0.3 is 15.2 Å². The van der Waals surface area contributed by atoms with E-state index in [0.29, 0.717) is 17.1 Å². The highest BCUT2D eigenvalue weighted by atomic mass is 35.5. The molecule has 0 atom stereocenters. The van der Waals surface area contributed by atoms with Crippen molar-refractivity contribution < 1.29 is 14.6 Å². The fourth-order valence-corrected chi connectivity index (χ4v) is 1.48. The number of carbonyl (C=O) groups is 1. The number of ether oxygens (including phenoxy) is 1. The number of amides is 1. The Hall–Kier alpha value is -1.68. The lowest BCUT2D eigenvalue weighted by molar-refractivity contribution is 0.0534. The first-order chi connectivity index (χ1) is 8.78. The number of nitrogens with one attached hydrogen (secondary N) is 1. The molecule has 4 nitrogen and oxygen atoms in total. The minimum absolute atomic E-state index is 0.143. The maximum absolute atomic E-state index is 11.4. The Morgan fingerprint density at radius 2 is 2.16 bits per heavy atom. The van der Waals surface area contributed by atoms with Gasteiger partial charge in [0.05, 0.1) is 0 Å². The fraction of sp³-hybridized carbons (Fsp3) is 0.357. The molecule has 0 aliphatic rings. The van der Waals surface area contributed by atoms with Gasteiger partial charge >= 0.3 is 6.09 Å². The molecule has 0 saturated heterocycles. The molecule has 0 unspecified atom stereocenters. The summed E-state index contributed by atoms with van der Waals surface area (Å²) in [6.07, 6.45) is 2.98. The highest BCUT2D eigenvalue weighted by molar-refractivity contribution is 6.32. The van der Waals surface area contributed by atoms with Crippen LogP contribution in [0, 0.1) is 0 Å². The largest absolute Gasteiger partial charge is 0.508 e. The molecule has 0 aliphatic heterocycles. The lowest BCUT2D eigenvalue weighted by Crippen LogP contribution is -2.32. The van der Waals surface area contributed by atoms with Crippen LogP contribution in [0.5, 0.6) is 5.75 Å².